The van der Waals surface area contributed by atoms with Gasteiger partial charge in [-0.2, -0.15) is 5.10 Å². The summed E-state index contributed by atoms with van der Waals surface area (Å²) in [6, 6.07) is 0.365. The first-order valence-electron chi connectivity index (χ1n) is 7.04. The van der Waals surface area contributed by atoms with Crippen molar-refractivity contribution in [1.82, 2.24) is 20.0 Å². The molecule has 1 amide bonds. The average molecular weight is 301 g/mol. The molecular weight excluding hydrogens is 276 g/mol. The predicted octanol–water partition coefficient (Wildman–Crippen LogP) is 1.70. The number of carbonyl (C=O) groups excluding carboxylic acids is 1. The highest BCUT2D eigenvalue weighted by molar-refractivity contribution is 5.95. The lowest BCUT2D eigenvalue weighted by Crippen LogP contribution is -2.51. The lowest BCUT2D eigenvalue weighted by Gasteiger charge is -2.31. The van der Waals surface area contributed by atoms with Crippen molar-refractivity contribution in [3.05, 3.63) is 17.5 Å². The third-order valence-electron chi connectivity index (χ3n) is 3.53. The van der Waals surface area contributed by atoms with Crippen molar-refractivity contribution < 1.29 is 4.79 Å². The van der Waals surface area contributed by atoms with E-state index in [2.05, 4.69) is 31.2 Å². The number of rotatable bonds is 3. The van der Waals surface area contributed by atoms with Crippen LogP contribution in [0.25, 0.3) is 0 Å². The first-order chi connectivity index (χ1) is 8.99. The third-order valence-corrected chi connectivity index (χ3v) is 3.53. The molecule has 0 spiro atoms. The standard InChI is InChI=1S/C14H24N4O.ClH/c1-10(2)8-18-12(4)13(7-16-18)14(19)17-6-5-15-11(3)9-17;/h7,10-11,15H,5-6,8-9H2,1-4H3;1H/t11-;/m1./s1. The SMILES string of the molecule is Cc1c(C(=O)N2CCN[C@H](C)C2)cnn1CC(C)C.Cl. The molecule has 114 valence electrons. The Morgan fingerprint density at radius 1 is 1.55 bits per heavy atom. The summed E-state index contributed by atoms with van der Waals surface area (Å²) < 4.78 is 1.93. The van der Waals surface area contributed by atoms with Crippen LogP contribution in [-0.4, -0.2) is 46.3 Å². The van der Waals surface area contributed by atoms with E-state index in [0.717, 1.165) is 37.4 Å². The quantitative estimate of drug-likeness (QED) is 0.924. The van der Waals surface area contributed by atoms with Crippen molar-refractivity contribution in [1.29, 1.82) is 0 Å². The van der Waals surface area contributed by atoms with E-state index >= 15 is 0 Å². The third kappa shape index (κ3) is 3.73. The molecule has 0 unspecified atom stereocenters. The summed E-state index contributed by atoms with van der Waals surface area (Å²) in [5, 5.41) is 7.69. The van der Waals surface area contributed by atoms with E-state index in [0.29, 0.717) is 12.0 Å². The molecule has 6 heteroatoms. The molecule has 1 fully saturated rings. The molecule has 0 saturated carbocycles. The van der Waals surface area contributed by atoms with E-state index in [-0.39, 0.29) is 18.3 Å². The average Bonchev–Trinajstić information content (AvgIpc) is 2.69. The number of piperazine rings is 1. The second kappa shape index (κ2) is 7.09. The molecule has 1 aliphatic rings. The predicted molar refractivity (Wildman–Crippen MR) is 82.4 cm³/mol. The van der Waals surface area contributed by atoms with Crippen LogP contribution in [0, 0.1) is 12.8 Å². The van der Waals surface area contributed by atoms with Crippen LogP contribution < -0.4 is 5.32 Å². The molecular formula is C14H25ClN4O. The van der Waals surface area contributed by atoms with Crippen molar-refractivity contribution in [2.45, 2.75) is 40.3 Å². The summed E-state index contributed by atoms with van der Waals surface area (Å²) in [5.41, 5.74) is 1.72. The Kier molecular flexibility index (Phi) is 6.02. The molecule has 2 rings (SSSR count). The first-order valence-corrected chi connectivity index (χ1v) is 7.04. The summed E-state index contributed by atoms with van der Waals surface area (Å²) in [6.07, 6.45) is 1.72. The number of amides is 1. The van der Waals surface area contributed by atoms with Crippen LogP contribution in [0.3, 0.4) is 0 Å². The first kappa shape index (κ1) is 17.0. The van der Waals surface area contributed by atoms with Crippen LogP contribution in [0.4, 0.5) is 0 Å². The second-order valence-electron chi connectivity index (χ2n) is 5.83. The van der Waals surface area contributed by atoms with Crippen molar-refractivity contribution in [3.8, 4) is 0 Å². The number of aromatic nitrogens is 2. The summed E-state index contributed by atoms with van der Waals surface area (Å²) >= 11 is 0. The topological polar surface area (TPSA) is 50.2 Å². The zero-order valence-corrected chi connectivity index (χ0v) is 13.5. The zero-order valence-electron chi connectivity index (χ0n) is 12.7. The Hall–Kier alpha value is -1.07. The minimum atomic E-state index is 0. The smallest absolute Gasteiger partial charge is 0.257 e. The van der Waals surface area contributed by atoms with E-state index in [1.807, 2.05) is 16.5 Å². The van der Waals surface area contributed by atoms with Gasteiger partial charge in [0.2, 0.25) is 0 Å². The molecule has 0 aromatic carbocycles. The molecule has 5 nitrogen and oxygen atoms in total. The largest absolute Gasteiger partial charge is 0.336 e. The Morgan fingerprint density at radius 3 is 2.85 bits per heavy atom. The number of carbonyl (C=O) groups is 1. The minimum Gasteiger partial charge on any atom is -0.336 e. The monoisotopic (exact) mass is 300 g/mol. The highest BCUT2D eigenvalue weighted by Gasteiger charge is 2.24. The fourth-order valence-corrected chi connectivity index (χ4v) is 2.47. The molecule has 0 aliphatic carbocycles. The molecule has 1 atom stereocenters. The fourth-order valence-electron chi connectivity index (χ4n) is 2.47. The van der Waals surface area contributed by atoms with E-state index in [4.69, 9.17) is 0 Å². The van der Waals surface area contributed by atoms with Gasteiger partial charge in [-0.3, -0.25) is 9.48 Å². The van der Waals surface area contributed by atoms with E-state index in [1.165, 1.54) is 0 Å². The Balaban J connectivity index is 0.00000200. The molecule has 0 bridgehead atoms. The Bertz CT molecular complexity index is 458. The number of hydrogen-bond donors (Lipinski definition) is 1. The maximum atomic E-state index is 12.5. The number of hydrogen-bond acceptors (Lipinski definition) is 3. The molecule has 0 radical (unpaired) electrons. The van der Waals surface area contributed by atoms with Gasteiger partial charge in [-0.15, -0.1) is 12.4 Å². The molecule has 1 saturated heterocycles. The lowest BCUT2D eigenvalue weighted by atomic mass is 10.1. The number of halogens is 1. The minimum absolute atomic E-state index is 0. The van der Waals surface area contributed by atoms with Gasteiger partial charge in [0.05, 0.1) is 11.8 Å². The van der Waals surface area contributed by atoms with Crippen molar-refractivity contribution in [3.63, 3.8) is 0 Å². The molecule has 1 aliphatic heterocycles. The van der Waals surface area contributed by atoms with Gasteiger partial charge in [0.25, 0.3) is 5.91 Å². The van der Waals surface area contributed by atoms with Crippen molar-refractivity contribution in [2.24, 2.45) is 5.92 Å². The van der Waals surface area contributed by atoms with Crippen LogP contribution in [0.15, 0.2) is 6.20 Å². The number of nitrogens with zero attached hydrogens (tertiary/aromatic N) is 3. The number of nitrogens with one attached hydrogen (secondary N) is 1. The van der Waals surface area contributed by atoms with Gasteiger partial charge in [0.1, 0.15) is 0 Å². The summed E-state index contributed by atoms with van der Waals surface area (Å²) in [5.74, 6) is 0.640. The summed E-state index contributed by atoms with van der Waals surface area (Å²) in [7, 11) is 0. The lowest BCUT2D eigenvalue weighted by molar-refractivity contribution is 0.0708. The fraction of sp³-hybridized carbons (Fsp3) is 0.714. The maximum Gasteiger partial charge on any atom is 0.257 e. The summed E-state index contributed by atoms with van der Waals surface area (Å²) in [6.45, 7) is 11.7. The normalized spacial score (nSPS) is 19.1. The molecule has 1 N–H and O–H groups in total. The molecule has 1 aromatic heterocycles. The maximum absolute atomic E-state index is 12.5. The van der Waals surface area contributed by atoms with Crippen LogP contribution in [0.2, 0.25) is 0 Å². The van der Waals surface area contributed by atoms with Gasteiger partial charge in [0, 0.05) is 37.9 Å². The van der Waals surface area contributed by atoms with Gasteiger partial charge in [-0.25, -0.2) is 0 Å². The highest BCUT2D eigenvalue weighted by atomic mass is 35.5. The highest BCUT2D eigenvalue weighted by Crippen LogP contribution is 2.13. The Labute approximate surface area is 127 Å². The van der Waals surface area contributed by atoms with Gasteiger partial charge in [0.15, 0.2) is 0 Å². The summed E-state index contributed by atoms with van der Waals surface area (Å²) in [4.78, 5) is 14.4. The molecule has 1 aromatic rings. The van der Waals surface area contributed by atoms with Gasteiger partial charge >= 0.3 is 0 Å². The van der Waals surface area contributed by atoms with Crippen LogP contribution in [0.5, 0.6) is 0 Å². The van der Waals surface area contributed by atoms with Crippen molar-refractivity contribution in [2.75, 3.05) is 19.6 Å². The van der Waals surface area contributed by atoms with Gasteiger partial charge in [-0.1, -0.05) is 13.8 Å². The van der Waals surface area contributed by atoms with E-state index < -0.39 is 0 Å². The van der Waals surface area contributed by atoms with Crippen LogP contribution >= 0.6 is 12.4 Å². The molecule has 2 heterocycles. The Morgan fingerprint density at radius 2 is 2.25 bits per heavy atom. The second-order valence-corrected chi connectivity index (χ2v) is 5.83. The van der Waals surface area contributed by atoms with Gasteiger partial charge in [-0.05, 0) is 19.8 Å². The van der Waals surface area contributed by atoms with E-state index in [1.54, 1.807) is 6.20 Å². The van der Waals surface area contributed by atoms with Crippen LogP contribution in [0.1, 0.15) is 36.8 Å². The van der Waals surface area contributed by atoms with E-state index in [9.17, 15) is 4.79 Å². The zero-order chi connectivity index (χ0) is 14.0. The van der Waals surface area contributed by atoms with Crippen LogP contribution in [-0.2, 0) is 6.54 Å². The van der Waals surface area contributed by atoms with Crippen molar-refractivity contribution >= 4 is 18.3 Å². The van der Waals surface area contributed by atoms with Gasteiger partial charge < -0.3 is 10.2 Å². The molecule has 20 heavy (non-hydrogen) atoms.